The zero-order valence-corrected chi connectivity index (χ0v) is 14.4. The van der Waals surface area contributed by atoms with Crippen LogP contribution in [0.5, 0.6) is 0 Å². The molecule has 5 rings (SSSR count). The monoisotopic (exact) mass is 340 g/mol. The molecule has 0 aromatic carbocycles. The topological polar surface area (TPSA) is 79.7 Å². The normalized spacial score (nSPS) is 26.2. The molecule has 2 fully saturated rings. The molecule has 25 heavy (non-hydrogen) atoms. The third kappa shape index (κ3) is 2.70. The Morgan fingerprint density at radius 1 is 1.28 bits per heavy atom. The summed E-state index contributed by atoms with van der Waals surface area (Å²) in [6.07, 6.45) is 9.95. The molecule has 0 radical (unpaired) electrons. The maximum absolute atomic E-state index is 12.5. The summed E-state index contributed by atoms with van der Waals surface area (Å²) in [6.45, 7) is 3.96. The lowest BCUT2D eigenvalue weighted by atomic mass is 9.77. The standard InChI is InChI=1S/C18H24N6O/c25-17-14-4-6-18(15(14)21-16(22-17)13-2-3-13)5-1-7-23(10-18)8-9-24-12-19-11-20-24/h11-13H,1-10H2,(H,21,22,25). The van der Waals surface area contributed by atoms with Crippen LogP contribution in [-0.4, -0.2) is 49.3 Å². The van der Waals surface area contributed by atoms with Gasteiger partial charge in [0.05, 0.1) is 12.2 Å². The molecule has 2 aromatic rings. The minimum absolute atomic E-state index is 0.0772. The van der Waals surface area contributed by atoms with E-state index in [1.165, 1.54) is 19.3 Å². The van der Waals surface area contributed by atoms with Crippen LogP contribution in [0.15, 0.2) is 17.4 Å². The molecule has 2 aliphatic carbocycles. The third-order valence-electron chi connectivity index (χ3n) is 6.12. The van der Waals surface area contributed by atoms with Gasteiger partial charge in [-0.25, -0.2) is 9.97 Å². The number of rotatable bonds is 4. The van der Waals surface area contributed by atoms with Crippen molar-refractivity contribution in [3.63, 3.8) is 0 Å². The summed E-state index contributed by atoms with van der Waals surface area (Å²) < 4.78 is 1.89. The van der Waals surface area contributed by atoms with Crippen molar-refractivity contribution >= 4 is 0 Å². The molecule has 2 aromatic heterocycles. The van der Waals surface area contributed by atoms with Crippen LogP contribution in [0.3, 0.4) is 0 Å². The van der Waals surface area contributed by atoms with E-state index in [-0.39, 0.29) is 11.0 Å². The maximum atomic E-state index is 12.5. The Bertz CT molecular complexity index is 825. The van der Waals surface area contributed by atoms with Gasteiger partial charge in [-0.15, -0.1) is 0 Å². The Kier molecular flexibility index (Phi) is 3.51. The van der Waals surface area contributed by atoms with E-state index >= 15 is 0 Å². The van der Waals surface area contributed by atoms with E-state index in [1.54, 1.807) is 12.7 Å². The predicted octanol–water partition coefficient (Wildman–Crippen LogP) is 1.22. The summed E-state index contributed by atoms with van der Waals surface area (Å²) in [5, 5.41) is 4.20. The Hall–Kier alpha value is -2.02. The van der Waals surface area contributed by atoms with Crippen LogP contribution in [0.1, 0.15) is 55.1 Å². The van der Waals surface area contributed by atoms with Gasteiger partial charge in [-0.1, -0.05) is 0 Å². The van der Waals surface area contributed by atoms with Gasteiger partial charge in [-0.2, -0.15) is 5.10 Å². The summed E-state index contributed by atoms with van der Waals surface area (Å²) in [5.41, 5.74) is 2.25. The Labute approximate surface area is 146 Å². The number of aromatic nitrogens is 5. The average molecular weight is 340 g/mol. The van der Waals surface area contributed by atoms with Gasteiger partial charge in [0.15, 0.2) is 0 Å². The highest BCUT2D eigenvalue weighted by Gasteiger charge is 2.45. The smallest absolute Gasteiger partial charge is 0.254 e. The van der Waals surface area contributed by atoms with Crippen molar-refractivity contribution in [1.82, 2.24) is 29.6 Å². The lowest BCUT2D eigenvalue weighted by Gasteiger charge is -2.40. The molecule has 1 aliphatic heterocycles. The Balaban J connectivity index is 1.40. The van der Waals surface area contributed by atoms with Crippen molar-refractivity contribution in [1.29, 1.82) is 0 Å². The first kappa shape index (κ1) is 15.3. The number of aromatic amines is 1. The molecular formula is C18H24N6O. The Morgan fingerprint density at radius 3 is 3.00 bits per heavy atom. The first-order valence-corrected chi connectivity index (χ1v) is 9.42. The summed E-state index contributed by atoms with van der Waals surface area (Å²) in [7, 11) is 0. The zero-order chi connectivity index (χ0) is 16.9. The minimum Gasteiger partial charge on any atom is -0.310 e. The Morgan fingerprint density at radius 2 is 2.20 bits per heavy atom. The summed E-state index contributed by atoms with van der Waals surface area (Å²) in [4.78, 5) is 27.1. The number of likely N-dealkylation sites (tertiary alicyclic amines) is 1. The van der Waals surface area contributed by atoms with E-state index in [2.05, 4.69) is 20.0 Å². The zero-order valence-electron chi connectivity index (χ0n) is 14.4. The predicted molar refractivity (Wildman–Crippen MR) is 92.5 cm³/mol. The van der Waals surface area contributed by atoms with Crippen molar-refractivity contribution in [2.24, 2.45) is 0 Å². The quantitative estimate of drug-likeness (QED) is 0.905. The molecule has 0 amide bonds. The van der Waals surface area contributed by atoms with Crippen LogP contribution in [-0.2, 0) is 18.4 Å². The number of piperidine rings is 1. The molecule has 1 spiro atoms. The summed E-state index contributed by atoms with van der Waals surface area (Å²) >= 11 is 0. The molecule has 3 heterocycles. The number of nitrogens with zero attached hydrogens (tertiary/aromatic N) is 5. The number of nitrogens with one attached hydrogen (secondary N) is 1. The number of hydrogen-bond donors (Lipinski definition) is 1. The fraction of sp³-hybridized carbons (Fsp3) is 0.667. The molecule has 1 saturated carbocycles. The number of hydrogen-bond acceptors (Lipinski definition) is 5. The van der Waals surface area contributed by atoms with Gasteiger partial charge < -0.3 is 9.88 Å². The largest absolute Gasteiger partial charge is 0.310 e. The first-order valence-electron chi connectivity index (χ1n) is 9.42. The highest BCUT2D eigenvalue weighted by molar-refractivity contribution is 5.34. The average Bonchev–Trinajstić information content (AvgIpc) is 3.24. The van der Waals surface area contributed by atoms with Crippen molar-refractivity contribution < 1.29 is 0 Å². The van der Waals surface area contributed by atoms with Gasteiger partial charge >= 0.3 is 0 Å². The van der Waals surface area contributed by atoms with Crippen LogP contribution in [0.2, 0.25) is 0 Å². The second kappa shape index (κ2) is 5.76. The van der Waals surface area contributed by atoms with E-state index in [4.69, 9.17) is 4.98 Å². The van der Waals surface area contributed by atoms with Crippen molar-refractivity contribution in [2.45, 2.75) is 56.4 Å². The highest BCUT2D eigenvalue weighted by atomic mass is 16.1. The van der Waals surface area contributed by atoms with Crippen LogP contribution in [0.25, 0.3) is 0 Å². The second-order valence-corrected chi connectivity index (χ2v) is 7.87. The third-order valence-corrected chi connectivity index (χ3v) is 6.12. The van der Waals surface area contributed by atoms with Crippen LogP contribution in [0, 0.1) is 0 Å². The number of H-pyrrole nitrogens is 1. The molecule has 1 unspecified atom stereocenters. The van der Waals surface area contributed by atoms with Crippen molar-refractivity contribution in [3.8, 4) is 0 Å². The molecule has 1 N–H and O–H groups in total. The van der Waals surface area contributed by atoms with Gasteiger partial charge in [0, 0.05) is 30.0 Å². The van der Waals surface area contributed by atoms with Crippen molar-refractivity contribution in [3.05, 3.63) is 40.1 Å². The molecule has 1 atom stereocenters. The molecule has 7 nitrogen and oxygen atoms in total. The summed E-state index contributed by atoms with van der Waals surface area (Å²) in [5.74, 6) is 1.42. The summed E-state index contributed by atoms with van der Waals surface area (Å²) in [6, 6.07) is 0. The number of fused-ring (bicyclic) bond motifs is 2. The molecule has 0 bridgehead atoms. The highest BCUT2D eigenvalue weighted by Crippen LogP contribution is 2.44. The minimum atomic E-state index is 0.0772. The fourth-order valence-electron chi connectivity index (χ4n) is 4.63. The molecule has 1 saturated heterocycles. The van der Waals surface area contributed by atoms with Crippen LogP contribution in [0.4, 0.5) is 0 Å². The van der Waals surface area contributed by atoms with Crippen molar-refractivity contribution in [2.75, 3.05) is 19.6 Å². The van der Waals surface area contributed by atoms with Gasteiger partial charge in [-0.05, 0) is 45.1 Å². The molecule has 7 heteroatoms. The van der Waals surface area contributed by atoms with Gasteiger partial charge in [0.2, 0.25) is 0 Å². The van der Waals surface area contributed by atoms with E-state index in [0.29, 0.717) is 5.92 Å². The van der Waals surface area contributed by atoms with Gasteiger partial charge in [0.1, 0.15) is 18.5 Å². The van der Waals surface area contributed by atoms with Gasteiger partial charge in [0.25, 0.3) is 5.56 Å². The lowest BCUT2D eigenvalue weighted by molar-refractivity contribution is 0.137. The van der Waals surface area contributed by atoms with E-state index in [0.717, 1.165) is 62.5 Å². The molecule has 132 valence electrons. The second-order valence-electron chi connectivity index (χ2n) is 7.87. The van der Waals surface area contributed by atoms with E-state index < -0.39 is 0 Å². The van der Waals surface area contributed by atoms with Crippen LogP contribution >= 0.6 is 0 Å². The first-order chi connectivity index (χ1) is 12.2. The molecular weight excluding hydrogens is 316 g/mol. The lowest BCUT2D eigenvalue weighted by Crippen LogP contribution is -2.46. The van der Waals surface area contributed by atoms with Crippen LogP contribution < -0.4 is 5.56 Å². The maximum Gasteiger partial charge on any atom is 0.254 e. The van der Waals surface area contributed by atoms with E-state index in [1.807, 2.05) is 4.68 Å². The fourth-order valence-corrected chi connectivity index (χ4v) is 4.63. The van der Waals surface area contributed by atoms with Gasteiger partial charge in [-0.3, -0.25) is 9.48 Å². The SMILES string of the molecule is O=c1[nH]c(C2CC2)nc2c1CCC21CCCN(CCn2cncn2)C1. The molecule has 3 aliphatic rings. The van der Waals surface area contributed by atoms with E-state index in [9.17, 15) is 4.79 Å².